The molecular weight excluding hydrogens is 444 g/mol. The van der Waals surface area contributed by atoms with Crippen LogP contribution >= 0.6 is 11.6 Å². The van der Waals surface area contributed by atoms with Gasteiger partial charge in [0, 0.05) is 5.02 Å². The molecule has 2 atom stereocenters. The van der Waals surface area contributed by atoms with Crippen LogP contribution in [0.3, 0.4) is 0 Å². The van der Waals surface area contributed by atoms with Crippen LogP contribution in [0.15, 0.2) is 48.5 Å². The van der Waals surface area contributed by atoms with Gasteiger partial charge in [-0.3, -0.25) is 24.7 Å². The normalized spacial score (nSPS) is 20.4. The van der Waals surface area contributed by atoms with E-state index in [1.54, 1.807) is 36.4 Å². The van der Waals surface area contributed by atoms with Crippen LogP contribution in [0, 0.1) is 5.92 Å². The van der Waals surface area contributed by atoms with Gasteiger partial charge in [-0.2, -0.15) is 0 Å². The smallest absolute Gasteiger partial charge is 0.328 e. The minimum atomic E-state index is -0.519. The molecule has 0 radical (unpaired) electrons. The molecule has 2 fully saturated rings. The Kier molecular flexibility index (Phi) is 7.15. The van der Waals surface area contributed by atoms with Crippen molar-refractivity contribution in [1.29, 1.82) is 0 Å². The minimum absolute atomic E-state index is 0.0614. The number of ether oxygens (including phenoxy) is 1. The summed E-state index contributed by atoms with van der Waals surface area (Å²) in [6.07, 6.45) is 0.950. The van der Waals surface area contributed by atoms with E-state index in [-0.39, 0.29) is 24.9 Å². The highest BCUT2D eigenvalue weighted by molar-refractivity contribution is 6.31. The SMILES string of the molecule is CCOc1ccccc1NC(=O)CN1C(=O)N(Cc2ccccc2Cl)C(=O)C2CCCNC21. The van der Waals surface area contributed by atoms with Gasteiger partial charge in [0.15, 0.2) is 0 Å². The summed E-state index contributed by atoms with van der Waals surface area (Å²) in [5, 5.41) is 6.57. The Labute approximate surface area is 197 Å². The van der Waals surface area contributed by atoms with Gasteiger partial charge in [-0.25, -0.2) is 4.79 Å². The fourth-order valence-corrected chi connectivity index (χ4v) is 4.53. The number of nitrogens with one attached hydrogen (secondary N) is 2. The third kappa shape index (κ3) is 4.96. The quantitative estimate of drug-likeness (QED) is 0.646. The molecule has 33 heavy (non-hydrogen) atoms. The standard InChI is InChI=1S/C24H27ClN4O4/c1-2-33-20-12-6-5-11-19(20)27-21(30)15-28-22-17(9-7-13-26-22)23(31)29(24(28)32)14-16-8-3-4-10-18(16)25/h3-6,8,10-12,17,22,26H,2,7,9,13-15H2,1H3,(H,27,30). The van der Waals surface area contributed by atoms with Gasteiger partial charge in [0.1, 0.15) is 12.3 Å². The molecule has 2 aliphatic heterocycles. The molecule has 4 rings (SSSR count). The summed E-state index contributed by atoms with van der Waals surface area (Å²) in [5.74, 6) is -0.464. The molecule has 2 aromatic carbocycles. The topological polar surface area (TPSA) is 91.0 Å². The van der Waals surface area contributed by atoms with Gasteiger partial charge in [0.05, 0.1) is 30.9 Å². The van der Waals surface area contributed by atoms with Crippen molar-refractivity contribution in [2.24, 2.45) is 5.92 Å². The number of anilines is 1. The van der Waals surface area contributed by atoms with Gasteiger partial charge in [-0.15, -0.1) is 0 Å². The van der Waals surface area contributed by atoms with Crippen molar-refractivity contribution in [3.05, 3.63) is 59.1 Å². The third-order valence-electron chi connectivity index (χ3n) is 5.88. The zero-order valence-corrected chi connectivity index (χ0v) is 19.2. The molecule has 0 aromatic heterocycles. The van der Waals surface area contributed by atoms with Crippen LogP contribution in [-0.4, -0.2) is 53.5 Å². The van der Waals surface area contributed by atoms with Crippen LogP contribution in [-0.2, 0) is 16.1 Å². The van der Waals surface area contributed by atoms with E-state index >= 15 is 0 Å². The summed E-state index contributed by atoms with van der Waals surface area (Å²) in [7, 11) is 0. The predicted octanol–water partition coefficient (Wildman–Crippen LogP) is 3.47. The first kappa shape index (κ1) is 23.1. The van der Waals surface area contributed by atoms with Crippen molar-refractivity contribution in [3.8, 4) is 5.75 Å². The highest BCUT2D eigenvalue weighted by atomic mass is 35.5. The number of imide groups is 1. The minimum Gasteiger partial charge on any atom is -0.492 e. The van der Waals surface area contributed by atoms with E-state index < -0.39 is 18.1 Å². The Morgan fingerprint density at radius 3 is 2.73 bits per heavy atom. The van der Waals surface area contributed by atoms with Gasteiger partial charge >= 0.3 is 6.03 Å². The second kappa shape index (κ2) is 10.2. The molecule has 2 saturated heterocycles. The van der Waals surface area contributed by atoms with Gasteiger partial charge < -0.3 is 10.1 Å². The summed E-state index contributed by atoms with van der Waals surface area (Å²) in [6, 6.07) is 13.7. The lowest BCUT2D eigenvalue weighted by atomic mass is 9.91. The Hall–Kier alpha value is -3.10. The monoisotopic (exact) mass is 470 g/mol. The number of nitrogens with zero attached hydrogens (tertiary/aromatic N) is 2. The first-order chi connectivity index (χ1) is 16.0. The fraction of sp³-hybridized carbons (Fsp3) is 0.375. The molecule has 9 heteroatoms. The number of benzene rings is 2. The average Bonchev–Trinajstić information content (AvgIpc) is 2.82. The molecule has 2 heterocycles. The number of hydrogen-bond acceptors (Lipinski definition) is 5. The summed E-state index contributed by atoms with van der Waals surface area (Å²) >= 11 is 6.28. The number of halogens is 1. The molecule has 2 N–H and O–H groups in total. The van der Waals surface area contributed by atoms with Crippen LogP contribution in [0.1, 0.15) is 25.3 Å². The van der Waals surface area contributed by atoms with E-state index in [4.69, 9.17) is 16.3 Å². The molecule has 2 unspecified atom stereocenters. The number of rotatable bonds is 7. The molecule has 8 nitrogen and oxygen atoms in total. The Bertz CT molecular complexity index is 1050. The molecule has 2 aromatic rings. The zero-order valence-electron chi connectivity index (χ0n) is 18.4. The summed E-state index contributed by atoms with van der Waals surface area (Å²) in [5.41, 5.74) is 1.21. The summed E-state index contributed by atoms with van der Waals surface area (Å²) in [6.45, 7) is 2.87. The maximum absolute atomic E-state index is 13.4. The van der Waals surface area contributed by atoms with Crippen molar-refractivity contribution in [3.63, 3.8) is 0 Å². The van der Waals surface area contributed by atoms with E-state index in [2.05, 4.69) is 10.6 Å². The highest BCUT2D eigenvalue weighted by Gasteiger charge is 2.47. The number of carbonyl (C=O) groups excluding carboxylic acids is 3. The van der Waals surface area contributed by atoms with E-state index in [0.29, 0.717) is 41.6 Å². The number of piperidine rings is 1. The van der Waals surface area contributed by atoms with Gasteiger partial charge in [0.2, 0.25) is 11.8 Å². The largest absolute Gasteiger partial charge is 0.492 e. The van der Waals surface area contributed by atoms with E-state index in [1.165, 1.54) is 9.80 Å². The number of para-hydroxylation sites is 2. The second-order valence-electron chi connectivity index (χ2n) is 8.05. The molecule has 0 aliphatic carbocycles. The lowest BCUT2D eigenvalue weighted by molar-refractivity contribution is -0.143. The van der Waals surface area contributed by atoms with Crippen LogP contribution in [0.25, 0.3) is 0 Å². The molecular formula is C24H27ClN4O4. The number of urea groups is 1. The van der Waals surface area contributed by atoms with Crippen molar-refractivity contribution < 1.29 is 19.1 Å². The Morgan fingerprint density at radius 2 is 1.94 bits per heavy atom. The Morgan fingerprint density at radius 1 is 1.18 bits per heavy atom. The molecule has 2 aliphatic rings. The second-order valence-corrected chi connectivity index (χ2v) is 8.46. The maximum atomic E-state index is 13.4. The molecule has 0 spiro atoms. The predicted molar refractivity (Wildman–Crippen MR) is 125 cm³/mol. The van der Waals surface area contributed by atoms with E-state index in [1.807, 2.05) is 19.1 Å². The van der Waals surface area contributed by atoms with Gasteiger partial charge in [0.25, 0.3) is 0 Å². The van der Waals surface area contributed by atoms with Crippen molar-refractivity contribution in [2.75, 3.05) is 25.0 Å². The lowest BCUT2D eigenvalue weighted by Gasteiger charge is -2.46. The average molecular weight is 471 g/mol. The van der Waals surface area contributed by atoms with Gasteiger partial charge in [-0.1, -0.05) is 41.9 Å². The van der Waals surface area contributed by atoms with Crippen LogP contribution < -0.4 is 15.4 Å². The van der Waals surface area contributed by atoms with Gasteiger partial charge in [-0.05, 0) is 50.1 Å². The van der Waals surface area contributed by atoms with Crippen molar-refractivity contribution in [2.45, 2.75) is 32.5 Å². The van der Waals surface area contributed by atoms with Crippen molar-refractivity contribution >= 4 is 35.1 Å². The van der Waals surface area contributed by atoms with E-state index in [9.17, 15) is 14.4 Å². The molecule has 174 valence electrons. The number of amides is 4. The van der Waals surface area contributed by atoms with E-state index in [0.717, 1.165) is 6.42 Å². The van der Waals surface area contributed by atoms with Crippen molar-refractivity contribution in [1.82, 2.24) is 15.1 Å². The number of hydrogen-bond donors (Lipinski definition) is 2. The highest BCUT2D eigenvalue weighted by Crippen LogP contribution is 2.30. The lowest BCUT2D eigenvalue weighted by Crippen LogP contribution is -2.68. The van der Waals surface area contributed by atoms with Crippen LogP contribution in [0.2, 0.25) is 5.02 Å². The zero-order chi connectivity index (χ0) is 23.4. The van der Waals surface area contributed by atoms with Crippen LogP contribution in [0.4, 0.5) is 10.5 Å². The molecule has 4 amide bonds. The number of fused-ring (bicyclic) bond motifs is 1. The molecule has 0 saturated carbocycles. The Balaban J connectivity index is 1.55. The van der Waals surface area contributed by atoms with Crippen LogP contribution in [0.5, 0.6) is 5.75 Å². The summed E-state index contributed by atoms with van der Waals surface area (Å²) < 4.78 is 5.57. The summed E-state index contributed by atoms with van der Waals surface area (Å²) in [4.78, 5) is 42.2. The molecule has 0 bridgehead atoms. The fourth-order valence-electron chi connectivity index (χ4n) is 4.33. The number of carbonyl (C=O) groups is 3. The maximum Gasteiger partial charge on any atom is 0.328 e. The first-order valence-electron chi connectivity index (χ1n) is 11.1. The first-order valence-corrected chi connectivity index (χ1v) is 11.5. The third-order valence-corrected chi connectivity index (χ3v) is 6.25.